The van der Waals surface area contributed by atoms with Gasteiger partial charge in [0.1, 0.15) is 5.75 Å². The third-order valence-electron chi connectivity index (χ3n) is 7.89. The van der Waals surface area contributed by atoms with E-state index in [-0.39, 0.29) is 41.4 Å². The fourth-order valence-corrected chi connectivity index (χ4v) is 6.12. The number of hydrogen-bond acceptors (Lipinski definition) is 4. The first-order chi connectivity index (χ1) is 17.0. The first-order valence-electron chi connectivity index (χ1n) is 12.8. The Balaban J connectivity index is 1.36. The van der Waals surface area contributed by atoms with E-state index in [0.29, 0.717) is 18.7 Å². The summed E-state index contributed by atoms with van der Waals surface area (Å²) in [5, 5.41) is 9.54. The summed E-state index contributed by atoms with van der Waals surface area (Å²) in [7, 11) is 0. The van der Waals surface area contributed by atoms with Crippen LogP contribution in [0.4, 0.5) is 5.69 Å². The molecule has 0 radical (unpaired) electrons. The van der Waals surface area contributed by atoms with E-state index < -0.39 is 0 Å². The van der Waals surface area contributed by atoms with Crippen LogP contribution in [0.15, 0.2) is 71.3 Å². The van der Waals surface area contributed by atoms with Crippen LogP contribution in [0.2, 0.25) is 0 Å². The topological polar surface area (TPSA) is 66.8 Å². The molecule has 0 unspecified atom stereocenters. The number of phenols is 1. The zero-order chi connectivity index (χ0) is 24.5. The Morgan fingerprint density at radius 2 is 1.77 bits per heavy atom. The van der Waals surface area contributed by atoms with E-state index in [1.165, 1.54) is 21.6 Å². The van der Waals surface area contributed by atoms with Crippen molar-refractivity contribution in [3.63, 3.8) is 0 Å². The molecule has 2 amide bonds. The largest absolute Gasteiger partial charge is 0.508 e. The first kappa shape index (κ1) is 23.6. The molecule has 2 heterocycles. The number of nitrogens with zero attached hydrogens (tertiary/aromatic N) is 1. The zero-order valence-electron chi connectivity index (χ0n) is 20.4. The normalized spacial score (nSPS) is 26.3. The van der Waals surface area contributed by atoms with Gasteiger partial charge in [-0.15, -0.1) is 0 Å². The first-order valence-corrected chi connectivity index (χ1v) is 12.8. The molecule has 2 fully saturated rings. The number of anilines is 1. The van der Waals surface area contributed by atoms with Crippen LogP contribution >= 0.6 is 0 Å². The maximum atomic E-state index is 13.5. The summed E-state index contributed by atoms with van der Waals surface area (Å²) < 4.78 is 6.33. The van der Waals surface area contributed by atoms with Crippen LogP contribution < -0.4 is 4.90 Å². The van der Waals surface area contributed by atoms with Crippen molar-refractivity contribution in [2.45, 2.75) is 52.1 Å². The molecule has 3 aliphatic rings. The molecule has 2 saturated heterocycles. The van der Waals surface area contributed by atoms with Crippen molar-refractivity contribution in [3.8, 4) is 5.75 Å². The molecule has 35 heavy (non-hydrogen) atoms. The van der Waals surface area contributed by atoms with Gasteiger partial charge in [-0.2, -0.15) is 0 Å². The lowest BCUT2D eigenvalue weighted by Crippen LogP contribution is -2.34. The van der Waals surface area contributed by atoms with Crippen LogP contribution in [0.3, 0.4) is 0 Å². The lowest BCUT2D eigenvalue weighted by atomic mass is 9.69. The van der Waals surface area contributed by atoms with Crippen LogP contribution in [-0.2, 0) is 14.3 Å². The maximum absolute atomic E-state index is 13.5. The fraction of sp³-hybridized carbons (Fsp3) is 0.400. The minimum atomic E-state index is -0.323. The van der Waals surface area contributed by atoms with E-state index in [0.717, 1.165) is 31.2 Å². The third kappa shape index (κ3) is 4.34. The Kier molecular flexibility index (Phi) is 6.61. The average molecular weight is 472 g/mol. The second-order valence-electron chi connectivity index (χ2n) is 9.81. The van der Waals surface area contributed by atoms with Crippen LogP contribution in [0.5, 0.6) is 5.75 Å². The van der Waals surface area contributed by atoms with E-state index in [9.17, 15) is 14.7 Å². The van der Waals surface area contributed by atoms with Gasteiger partial charge in [0.05, 0.1) is 30.2 Å². The predicted molar refractivity (Wildman–Crippen MR) is 137 cm³/mol. The lowest BCUT2D eigenvalue weighted by molar-refractivity contribution is -0.122. The second kappa shape index (κ2) is 9.82. The molecule has 0 saturated carbocycles. The zero-order valence-corrected chi connectivity index (χ0v) is 20.4. The van der Waals surface area contributed by atoms with Gasteiger partial charge in [-0.1, -0.05) is 61.4 Å². The Morgan fingerprint density at radius 1 is 1.03 bits per heavy atom. The Hall–Kier alpha value is -3.18. The molecule has 2 aliphatic heterocycles. The summed E-state index contributed by atoms with van der Waals surface area (Å²) in [5.74, 6) is -0.485. The maximum Gasteiger partial charge on any atom is 0.238 e. The smallest absolute Gasteiger partial charge is 0.238 e. The van der Waals surface area contributed by atoms with Crippen molar-refractivity contribution in [1.82, 2.24) is 0 Å². The van der Waals surface area contributed by atoms with E-state index in [2.05, 4.69) is 19.9 Å². The summed E-state index contributed by atoms with van der Waals surface area (Å²) in [4.78, 5) is 28.3. The van der Waals surface area contributed by atoms with Gasteiger partial charge in [0.15, 0.2) is 0 Å². The summed E-state index contributed by atoms with van der Waals surface area (Å²) in [6, 6.07) is 16.6. The van der Waals surface area contributed by atoms with E-state index >= 15 is 0 Å². The molecular formula is C30H33NO4. The Labute approximate surface area is 207 Å². The average Bonchev–Trinajstić information content (AvgIpc) is 3.41. The summed E-state index contributed by atoms with van der Waals surface area (Å²) >= 11 is 0. The lowest BCUT2D eigenvalue weighted by Gasteiger charge is -2.31. The number of phenolic OH excluding ortho intramolecular Hbond substituents is 1. The van der Waals surface area contributed by atoms with Gasteiger partial charge in [0.25, 0.3) is 0 Å². The van der Waals surface area contributed by atoms with E-state index in [1.54, 1.807) is 12.1 Å². The van der Waals surface area contributed by atoms with Crippen molar-refractivity contribution >= 4 is 23.6 Å². The molecule has 0 bridgehead atoms. The number of imide groups is 1. The highest BCUT2D eigenvalue weighted by Gasteiger charge is 2.57. The molecule has 0 aromatic heterocycles. The van der Waals surface area contributed by atoms with Gasteiger partial charge >= 0.3 is 0 Å². The van der Waals surface area contributed by atoms with Gasteiger partial charge in [-0.05, 0) is 67.5 Å². The van der Waals surface area contributed by atoms with Crippen LogP contribution in [0.1, 0.15) is 51.5 Å². The number of rotatable bonds is 7. The van der Waals surface area contributed by atoms with Gasteiger partial charge in [0.2, 0.25) is 11.8 Å². The van der Waals surface area contributed by atoms with Gasteiger partial charge in [-0.25, -0.2) is 0 Å². The van der Waals surface area contributed by atoms with Crippen molar-refractivity contribution in [3.05, 3.63) is 76.9 Å². The molecule has 182 valence electrons. The highest BCUT2D eigenvalue weighted by molar-refractivity contribution is 6.22. The number of carbonyl (C=O) groups excluding carboxylic acids is 2. The fourth-order valence-electron chi connectivity index (χ4n) is 6.12. The standard InChI is InChI=1S/C30H33NO4/c1-3-19(16-20-10-13-23(32)14-11-20)12-15-26-27-21(4-2)17-24-28(25(27)18-35-26)30(34)31(29(24)33)22-8-6-5-7-9-22/h5-11,13-14,16,24-26,28,32H,3-4,12,15,17-18H2,1-2H3/b19-16+/t24-,25+,26-,28-/m1/s1. The number of fused-ring (bicyclic) bond motifs is 3. The molecule has 5 heteroatoms. The van der Waals surface area contributed by atoms with Crippen LogP contribution in [0.25, 0.3) is 6.08 Å². The highest BCUT2D eigenvalue weighted by Crippen LogP contribution is 2.51. The minimum absolute atomic E-state index is 0.000606. The quantitative estimate of drug-likeness (QED) is 0.403. The Bertz CT molecular complexity index is 1160. The van der Waals surface area contributed by atoms with Gasteiger partial charge in [0, 0.05) is 5.92 Å². The highest BCUT2D eigenvalue weighted by atomic mass is 16.5. The summed E-state index contributed by atoms with van der Waals surface area (Å²) in [6.07, 6.45) is 6.45. The van der Waals surface area contributed by atoms with Gasteiger partial charge in [-0.3, -0.25) is 14.5 Å². The number of carbonyl (C=O) groups is 2. The van der Waals surface area contributed by atoms with Crippen molar-refractivity contribution in [1.29, 1.82) is 0 Å². The molecule has 2 aromatic carbocycles. The predicted octanol–water partition coefficient (Wildman–Crippen LogP) is 5.90. The monoisotopic (exact) mass is 471 g/mol. The molecule has 0 spiro atoms. The molecule has 1 aliphatic carbocycles. The SMILES string of the molecule is CCC1=C2[C@@H](CC/C(=C/c3ccc(O)cc3)CC)OC[C@@H]2[C@@H]2C(=O)N(c3ccccc3)C(=O)[C@@H]2C1. The summed E-state index contributed by atoms with van der Waals surface area (Å²) in [6.45, 7) is 4.82. The molecule has 5 nitrogen and oxygen atoms in total. The van der Waals surface area contributed by atoms with Crippen molar-refractivity contribution in [2.24, 2.45) is 17.8 Å². The molecular weight excluding hydrogens is 438 g/mol. The number of hydrogen-bond donors (Lipinski definition) is 1. The molecule has 4 atom stereocenters. The van der Waals surface area contributed by atoms with Crippen LogP contribution in [0, 0.1) is 17.8 Å². The number of ether oxygens (including phenoxy) is 1. The van der Waals surface area contributed by atoms with Gasteiger partial charge < -0.3 is 9.84 Å². The van der Waals surface area contributed by atoms with E-state index in [1.807, 2.05) is 42.5 Å². The summed E-state index contributed by atoms with van der Waals surface area (Å²) in [5.41, 5.74) is 5.66. The molecule has 1 N–H and O–H groups in total. The number of para-hydroxylation sites is 1. The minimum Gasteiger partial charge on any atom is -0.508 e. The number of amides is 2. The molecule has 5 rings (SSSR count). The number of benzene rings is 2. The Morgan fingerprint density at radius 3 is 2.46 bits per heavy atom. The number of aromatic hydroxyl groups is 1. The van der Waals surface area contributed by atoms with E-state index in [4.69, 9.17) is 4.74 Å². The number of allylic oxidation sites excluding steroid dienone is 2. The van der Waals surface area contributed by atoms with Crippen LogP contribution in [-0.4, -0.2) is 29.6 Å². The molecule has 2 aromatic rings. The van der Waals surface area contributed by atoms with Crippen molar-refractivity contribution in [2.75, 3.05) is 11.5 Å². The third-order valence-corrected chi connectivity index (χ3v) is 7.89. The second-order valence-corrected chi connectivity index (χ2v) is 9.81. The van der Waals surface area contributed by atoms with Crippen molar-refractivity contribution < 1.29 is 19.4 Å².